The molecule has 0 saturated carbocycles. The van der Waals surface area contributed by atoms with E-state index in [-0.39, 0.29) is 0 Å². The van der Waals surface area contributed by atoms with Crippen LogP contribution in [0.5, 0.6) is 0 Å². The molecule has 146 valence electrons. The van der Waals surface area contributed by atoms with Gasteiger partial charge in [-0.2, -0.15) is 9.40 Å². The topological polar surface area (TPSA) is 69.3 Å². The SMILES string of the molecule is Cc1ccc(-c2n[nH]c(=S)c3ccccc23)cc1S(=O)(=O)N1CCN(C)CC1. The molecule has 1 aromatic heterocycles. The number of likely N-dealkylation sites (N-methyl/N-ethyl adjacent to an activating group) is 1. The largest absolute Gasteiger partial charge is 0.304 e. The van der Waals surface area contributed by atoms with Crippen LogP contribution in [-0.4, -0.2) is 61.0 Å². The van der Waals surface area contributed by atoms with Gasteiger partial charge in [0.25, 0.3) is 0 Å². The van der Waals surface area contributed by atoms with Crippen molar-refractivity contribution in [3.05, 3.63) is 52.7 Å². The van der Waals surface area contributed by atoms with Crippen molar-refractivity contribution in [1.29, 1.82) is 0 Å². The summed E-state index contributed by atoms with van der Waals surface area (Å²) in [5.41, 5.74) is 2.18. The van der Waals surface area contributed by atoms with Crippen LogP contribution in [0.15, 0.2) is 47.4 Å². The van der Waals surface area contributed by atoms with Crippen LogP contribution in [0.3, 0.4) is 0 Å². The second-order valence-corrected chi connectivity index (χ2v) is 9.45. The van der Waals surface area contributed by atoms with E-state index >= 15 is 0 Å². The Balaban J connectivity index is 1.83. The zero-order chi connectivity index (χ0) is 19.9. The minimum atomic E-state index is -3.56. The maximum Gasteiger partial charge on any atom is 0.243 e. The summed E-state index contributed by atoms with van der Waals surface area (Å²) >= 11 is 5.34. The van der Waals surface area contributed by atoms with Crippen molar-refractivity contribution in [2.45, 2.75) is 11.8 Å². The molecule has 1 saturated heterocycles. The van der Waals surface area contributed by atoms with E-state index in [9.17, 15) is 8.42 Å². The number of rotatable bonds is 3. The van der Waals surface area contributed by atoms with Gasteiger partial charge in [0.05, 0.1) is 10.6 Å². The Bertz CT molecular complexity index is 1200. The highest BCUT2D eigenvalue weighted by atomic mass is 32.2. The minimum absolute atomic E-state index is 0.336. The molecule has 0 spiro atoms. The van der Waals surface area contributed by atoms with Gasteiger partial charge in [-0.05, 0) is 25.6 Å². The minimum Gasteiger partial charge on any atom is -0.304 e. The average Bonchev–Trinajstić information content (AvgIpc) is 2.69. The fourth-order valence-corrected chi connectivity index (χ4v) is 5.42. The van der Waals surface area contributed by atoms with Crippen molar-refractivity contribution in [1.82, 2.24) is 19.4 Å². The second kappa shape index (κ2) is 7.36. The van der Waals surface area contributed by atoms with Gasteiger partial charge in [0.2, 0.25) is 10.0 Å². The first-order chi connectivity index (χ1) is 13.4. The predicted molar refractivity (Wildman–Crippen MR) is 113 cm³/mol. The Kier molecular flexibility index (Phi) is 5.05. The molecule has 28 heavy (non-hydrogen) atoms. The van der Waals surface area contributed by atoms with E-state index < -0.39 is 10.0 Å². The van der Waals surface area contributed by atoms with Gasteiger partial charge in [-0.25, -0.2) is 8.42 Å². The van der Waals surface area contributed by atoms with E-state index in [1.165, 1.54) is 0 Å². The fraction of sp³-hybridized carbons (Fsp3) is 0.300. The smallest absolute Gasteiger partial charge is 0.243 e. The van der Waals surface area contributed by atoms with Gasteiger partial charge in [-0.1, -0.05) is 48.6 Å². The lowest BCUT2D eigenvalue weighted by Crippen LogP contribution is -2.47. The molecule has 3 aromatic rings. The lowest BCUT2D eigenvalue weighted by molar-refractivity contribution is 0.222. The van der Waals surface area contributed by atoms with Crippen LogP contribution in [0, 0.1) is 11.6 Å². The quantitative estimate of drug-likeness (QED) is 0.667. The van der Waals surface area contributed by atoms with E-state index in [0.717, 1.165) is 35.0 Å². The number of aromatic nitrogens is 2. The zero-order valence-electron chi connectivity index (χ0n) is 15.8. The normalized spacial score (nSPS) is 16.5. The van der Waals surface area contributed by atoms with Crippen LogP contribution in [0.4, 0.5) is 0 Å². The zero-order valence-corrected chi connectivity index (χ0v) is 17.5. The molecule has 0 aliphatic carbocycles. The maximum absolute atomic E-state index is 13.3. The van der Waals surface area contributed by atoms with Gasteiger partial charge >= 0.3 is 0 Å². The Hall–Kier alpha value is -2.13. The Morgan fingerprint density at radius 2 is 1.71 bits per heavy atom. The van der Waals surface area contributed by atoms with Crippen LogP contribution in [-0.2, 0) is 10.0 Å². The third-order valence-corrected chi connectivity index (χ3v) is 7.59. The standard InChI is InChI=1S/C20H22N4O2S2/c1-14-7-8-15(19-16-5-3-4-6-17(16)20(27)22-21-19)13-18(14)28(25,26)24-11-9-23(2)10-12-24/h3-8,13H,9-12H2,1-2H3,(H,22,27). The number of benzene rings is 2. The van der Waals surface area contributed by atoms with Crippen molar-refractivity contribution in [2.24, 2.45) is 0 Å². The van der Waals surface area contributed by atoms with Crippen molar-refractivity contribution >= 4 is 33.0 Å². The highest BCUT2D eigenvalue weighted by molar-refractivity contribution is 7.89. The summed E-state index contributed by atoms with van der Waals surface area (Å²) in [5.74, 6) is 0. The molecular formula is C20H22N4O2S2. The first-order valence-corrected chi connectivity index (χ1v) is 11.0. The second-order valence-electron chi connectivity index (χ2n) is 7.13. The Morgan fingerprint density at radius 3 is 2.43 bits per heavy atom. The Morgan fingerprint density at radius 1 is 1.04 bits per heavy atom. The lowest BCUT2D eigenvalue weighted by Gasteiger charge is -2.32. The van der Waals surface area contributed by atoms with Crippen molar-refractivity contribution in [2.75, 3.05) is 33.2 Å². The molecule has 1 aliphatic rings. The third kappa shape index (κ3) is 3.37. The summed E-state index contributed by atoms with van der Waals surface area (Å²) in [7, 11) is -1.55. The number of aromatic amines is 1. The molecule has 1 aliphatic heterocycles. The summed E-state index contributed by atoms with van der Waals surface area (Å²) in [6.45, 7) is 4.31. The predicted octanol–water partition coefficient (Wildman–Crippen LogP) is 3.20. The number of piperazine rings is 1. The molecule has 2 aromatic carbocycles. The van der Waals surface area contributed by atoms with E-state index in [1.807, 2.05) is 50.4 Å². The van der Waals surface area contributed by atoms with Gasteiger partial charge < -0.3 is 4.90 Å². The molecule has 6 nitrogen and oxygen atoms in total. The first-order valence-electron chi connectivity index (χ1n) is 9.15. The van der Waals surface area contributed by atoms with Crippen LogP contribution >= 0.6 is 12.2 Å². The van der Waals surface area contributed by atoms with Crippen molar-refractivity contribution in [3.8, 4) is 11.3 Å². The van der Waals surface area contributed by atoms with Crippen molar-refractivity contribution < 1.29 is 8.42 Å². The molecule has 1 fully saturated rings. The van der Waals surface area contributed by atoms with E-state index in [4.69, 9.17) is 12.2 Å². The van der Waals surface area contributed by atoms with E-state index in [2.05, 4.69) is 15.1 Å². The molecule has 0 bridgehead atoms. The summed E-state index contributed by atoms with van der Waals surface area (Å²) in [5, 5.41) is 9.09. The average molecular weight is 415 g/mol. The summed E-state index contributed by atoms with van der Waals surface area (Å²) in [4.78, 5) is 2.47. The first kappa shape index (κ1) is 19.2. The maximum atomic E-state index is 13.3. The molecule has 4 rings (SSSR count). The van der Waals surface area contributed by atoms with Crippen LogP contribution < -0.4 is 0 Å². The summed E-state index contributed by atoms with van der Waals surface area (Å²) in [6.07, 6.45) is 0. The van der Waals surface area contributed by atoms with Crippen LogP contribution in [0.25, 0.3) is 22.0 Å². The number of aryl methyl sites for hydroxylation is 1. The number of nitrogens with zero attached hydrogens (tertiary/aromatic N) is 3. The number of hydrogen-bond donors (Lipinski definition) is 1. The van der Waals surface area contributed by atoms with Crippen LogP contribution in [0.1, 0.15) is 5.56 Å². The van der Waals surface area contributed by atoms with Gasteiger partial charge in [0.15, 0.2) is 0 Å². The van der Waals surface area contributed by atoms with Crippen LogP contribution in [0.2, 0.25) is 0 Å². The highest BCUT2D eigenvalue weighted by Gasteiger charge is 2.29. The number of sulfonamides is 1. The monoisotopic (exact) mass is 414 g/mol. The molecule has 0 unspecified atom stereocenters. The molecule has 2 heterocycles. The van der Waals surface area contributed by atoms with Gasteiger partial charge in [-0.3, -0.25) is 5.10 Å². The number of hydrogen-bond acceptors (Lipinski definition) is 5. The van der Waals surface area contributed by atoms with E-state index in [0.29, 0.717) is 28.3 Å². The molecular weight excluding hydrogens is 392 g/mol. The van der Waals surface area contributed by atoms with Crippen molar-refractivity contribution in [3.63, 3.8) is 0 Å². The molecule has 0 radical (unpaired) electrons. The fourth-order valence-electron chi connectivity index (χ4n) is 3.53. The third-order valence-electron chi connectivity index (χ3n) is 5.24. The van der Waals surface area contributed by atoms with Gasteiger partial charge in [0.1, 0.15) is 4.64 Å². The summed E-state index contributed by atoms with van der Waals surface area (Å²) < 4.78 is 28.7. The summed E-state index contributed by atoms with van der Waals surface area (Å²) in [6, 6.07) is 13.2. The number of H-pyrrole nitrogens is 1. The number of nitrogens with one attached hydrogen (secondary N) is 1. The van der Waals surface area contributed by atoms with E-state index in [1.54, 1.807) is 10.4 Å². The van der Waals surface area contributed by atoms with Gasteiger partial charge in [0, 0.05) is 42.5 Å². The molecule has 0 amide bonds. The lowest BCUT2D eigenvalue weighted by atomic mass is 10.0. The molecule has 8 heteroatoms. The molecule has 0 atom stereocenters. The highest BCUT2D eigenvalue weighted by Crippen LogP contribution is 2.30. The Labute approximate surface area is 169 Å². The molecule has 1 N–H and O–H groups in total. The number of fused-ring (bicyclic) bond motifs is 1. The van der Waals surface area contributed by atoms with Gasteiger partial charge in [-0.15, -0.1) is 0 Å².